The minimum absolute atomic E-state index is 0.0748. The van der Waals surface area contributed by atoms with E-state index in [1.165, 1.54) is 18.3 Å². The number of urea groups is 1. The van der Waals surface area contributed by atoms with Gasteiger partial charge in [-0.25, -0.2) is 9.18 Å². The van der Waals surface area contributed by atoms with Gasteiger partial charge in [-0.3, -0.25) is 9.78 Å². The van der Waals surface area contributed by atoms with Crippen molar-refractivity contribution in [2.75, 3.05) is 6.61 Å². The van der Waals surface area contributed by atoms with Crippen molar-refractivity contribution < 1.29 is 31.9 Å². The van der Waals surface area contributed by atoms with Crippen LogP contribution in [0.1, 0.15) is 35.7 Å². The van der Waals surface area contributed by atoms with E-state index < -0.39 is 47.1 Å². The number of ether oxygens (including phenoxy) is 1. The number of nitrogens with one attached hydrogen (secondary N) is 2. The van der Waals surface area contributed by atoms with Crippen molar-refractivity contribution in [1.82, 2.24) is 15.6 Å². The first-order chi connectivity index (χ1) is 20.0. The molecule has 2 aliphatic carbocycles. The van der Waals surface area contributed by atoms with Crippen LogP contribution in [-0.4, -0.2) is 29.6 Å². The molecule has 1 fully saturated rings. The predicted octanol–water partition coefficient (Wildman–Crippen LogP) is 6.43. The SMILES string of the molecule is CCOC(=O)[C@@H]1[C@H](NC(=O)N[C@](Cc2ccccc2)(c2cc(F)cc(C(F)(F)F)c2)c2ccc(Cl)cn2)[C@@H]2C=C[C@H]1C2. The molecule has 2 aliphatic rings. The smallest absolute Gasteiger partial charge is 0.416 e. The number of allylic oxidation sites excluding steroid dienone is 1. The molecule has 11 heteroatoms. The van der Waals surface area contributed by atoms with E-state index in [0.717, 1.165) is 12.1 Å². The minimum atomic E-state index is -4.85. The van der Waals surface area contributed by atoms with Crippen LogP contribution < -0.4 is 10.6 Å². The summed E-state index contributed by atoms with van der Waals surface area (Å²) >= 11 is 6.08. The molecule has 0 radical (unpaired) electrons. The first kappa shape index (κ1) is 29.6. The van der Waals surface area contributed by atoms with Gasteiger partial charge in [0.05, 0.1) is 34.8 Å². The fourth-order valence-electron chi connectivity index (χ4n) is 6.01. The predicted molar refractivity (Wildman–Crippen MR) is 148 cm³/mol. The van der Waals surface area contributed by atoms with Crippen molar-refractivity contribution in [2.45, 2.75) is 37.5 Å². The van der Waals surface area contributed by atoms with E-state index in [4.69, 9.17) is 16.3 Å². The molecule has 0 aliphatic heterocycles. The maximum absolute atomic E-state index is 14.9. The molecule has 6 nitrogen and oxygen atoms in total. The molecular formula is C31H28ClF4N3O3. The number of amides is 2. The molecule has 5 atom stereocenters. The summed E-state index contributed by atoms with van der Waals surface area (Å²) in [7, 11) is 0. The summed E-state index contributed by atoms with van der Waals surface area (Å²) in [5, 5.41) is 5.99. The van der Waals surface area contributed by atoms with Crippen molar-refractivity contribution in [2.24, 2.45) is 17.8 Å². The standard InChI is InChI=1S/C31H28ClF4N3O3/c1-2-42-28(40)26-19-8-9-20(12-19)27(26)38-29(41)39-30(16-18-6-4-3-5-7-18,25-11-10-23(32)17-37-25)21-13-22(31(34,35)36)15-24(33)14-21/h3-11,13-15,17,19-20,26-27H,2,12,16H2,1H3,(H2,38,39,41)/t19-,20+,26-,27+,30+/m0/s1. The summed E-state index contributed by atoms with van der Waals surface area (Å²) in [6, 6.07) is 12.5. The number of carbonyl (C=O) groups excluding carboxylic acids is 2. The molecule has 1 heterocycles. The van der Waals surface area contributed by atoms with Gasteiger partial charge in [-0.15, -0.1) is 0 Å². The van der Waals surface area contributed by atoms with E-state index in [2.05, 4.69) is 15.6 Å². The Morgan fingerprint density at radius 3 is 2.40 bits per heavy atom. The number of carbonyl (C=O) groups is 2. The van der Waals surface area contributed by atoms with Crippen LogP contribution in [0.2, 0.25) is 5.02 Å². The molecule has 0 saturated heterocycles. The quantitative estimate of drug-likeness (QED) is 0.177. The number of halogens is 5. The molecule has 5 rings (SSSR count). The lowest BCUT2D eigenvalue weighted by Crippen LogP contribution is -2.56. The summed E-state index contributed by atoms with van der Waals surface area (Å²) in [5.74, 6) is -2.42. The molecule has 2 bridgehead atoms. The van der Waals surface area contributed by atoms with Gasteiger partial charge in [0, 0.05) is 12.6 Å². The van der Waals surface area contributed by atoms with Crippen LogP contribution in [0, 0.1) is 23.6 Å². The van der Waals surface area contributed by atoms with Crippen molar-refractivity contribution in [3.8, 4) is 0 Å². The lowest BCUT2D eigenvalue weighted by Gasteiger charge is -2.37. The Morgan fingerprint density at radius 2 is 1.74 bits per heavy atom. The number of hydrogen-bond acceptors (Lipinski definition) is 4. The third kappa shape index (κ3) is 5.99. The highest BCUT2D eigenvalue weighted by atomic mass is 35.5. The second kappa shape index (κ2) is 11.8. The van der Waals surface area contributed by atoms with Gasteiger partial charge in [-0.1, -0.05) is 54.1 Å². The Balaban J connectivity index is 1.60. The zero-order valence-electron chi connectivity index (χ0n) is 22.5. The summed E-state index contributed by atoms with van der Waals surface area (Å²) in [6.45, 7) is 1.88. The minimum Gasteiger partial charge on any atom is -0.466 e. The molecule has 1 saturated carbocycles. The largest absolute Gasteiger partial charge is 0.466 e. The summed E-state index contributed by atoms with van der Waals surface area (Å²) in [6.07, 6.45) is 0.900. The Labute approximate surface area is 245 Å². The van der Waals surface area contributed by atoms with Gasteiger partial charge in [0.1, 0.15) is 11.4 Å². The number of benzene rings is 2. The van der Waals surface area contributed by atoms with Crippen molar-refractivity contribution in [1.29, 1.82) is 0 Å². The van der Waals surface area contributed by atoms with Gasteiger partial charge in [-0.2, -0.15) is 13.2 Å². The van der Waals surface area contributed by atoms with Crippen LogP contribution in [0.3, 0.4) is 0 Å². The van der Waals surface area contributed by atoms with Crippen molar-refractivity contribution >= 4 is 23.6 Å². The van der Waals surface area contributed by atoms with E-state index in [1.54, 1.807) is 37.3 Å². The summed E-state index contributed by atoms with van der Waals surface area (Å²) in [5.41, 5.74) is -2.38. The number of rotatable bonds is 8. The van der Waals surface area contributed by atoms with Crippen LogP contribution in [0.15, 0.2) is 79.0 Å². The van der Waals surface area contributed by atoms with E-state index in [9.17, 15) is 27.2 Å². The number of aromatic nitrogens is 1. The fourth-order valence-corrected chi connectivity index (χ4v) is 6.12. The Hall–Kier alpha value is -3.92. The van der Waals surface area contributed by atoms with Crippen LogP contribution in [0.25, 0.3) is 0 Å². The zero-order chi connectivity index (χ0) is 30.1. The molecule has 1 aromatic heterocycles. The van der Waals surface area contributed by atoms with Crippen molar-refractivity contribution in [3.05, 3.63) is 112 Å². The second-order valence-electron chi connectivity index (χ2n) is 10.5. The van der Waals surface area contributed by atoms with Gasteiger partial charge in [0.15, 0.2) is 0 Å². The molecule has 220 valence electrons. The van der Waals surface area contributed by atoms with Crippen LogP contribution in [0.4, 0.5) is 22.4 Å². The first-order valence-electron chi connectivity index (χ1n) is 13.5. The lowest BCUT2D eigenvalue weighted by molar-refractivity contribution is -0.149. The van der Waals surface area contributed by atoms with Gasteiger partial charge >= 0.3 is 18.2 Å². The van der Waals surface area contributed by atoms with Gasteiger partial charge in [0.25, 0.3) is 0 Å². The number of nitrogens with zero attached hydrogens (tertiary/aromatic N) is 1. The van der Waals surface area contributed by atoms with E-state index in [1.807, 2.05) is 12.2 Å². The zero-order valence-corrected chi connectivity index (χ0v) is 23.3. The average Bonchev–Trinajstić information content (AvgIpc) is 3.55. The third-order valence-electron chi connectivity index (χ3n) is 7.84. The summed E-state index contributed by atoms with van der Waals surface area (Å²) in [4.78, 5) is 31.0. The number of pyridine rings is 1. The molecule has 0 spiro atoms. The number of alkyl halides is 3. The average molecular weight is 602 g/mol. The Morgan fingerprint density at radius 1 is 1.02 bits per heavy atom. The Bertz CT molecular complexity index is 1480. The lowest BCUT2D eigenvalue weighted by atomic mass is 9.79. The highest BCUT2D eigenvalue weighted by Gasteiger charge is 2.50. The van der Waals surface area contributed by atoms with Crippen LogP contribution in [0.5, 0.6) is 0 Å². The molecule has 2 amide bonds. The molecule has 3 aromatic rings. The highest BCUT2D eigenvalue weighted by molar-refractivity contribution is 6.30. The van der Waals surface area contributed by atoms with E-state index >= 15 is 0 Å². The van der Waals surface area contributed by atoms with E-state index in [-0.39, 0.29) is 41.1 Å². The normalized spacial score (nSPS) is 22.4. The molecule has 2 aromatic carbocycles. The first-order valence-corrected chi connectivity index (χ1v) is 13.9. The third-order valence-corrected chi connectivity index (χ3v) is 8.06. The number of hydrogen-bond donors (Lipinski definition) is 2. The molecule has 0 unspecified atom stereocenters. The van der Waals surface area contributed by atoms with E-state index in [0.29, 0.717) is 18.1 Å². The fraction of sp³-hybridized carbons (Fsp3) is 0.323. The van der Waals surface area contributed by atoms with Crippen LogP contribution >= 0.6 is 11.6 Å². The van der Waals surface area contributed by atoms with Crippen molar-refractivity contribution in [3.63, 3.8) is 0 Å². The maximum atomic E-state index is 14.9. The van der Waals surface area contributed by atoms with Gasteiger partial charge < -0.3 is 15.4 Å². The second-order valence-corrected chi connectivity index (χ2v) is 10.9. The topological polar surface area (TPSA) is 80.3 Å². The van der Waals surface area contributed by atoms with Gasteiger partial charge in [0.2, 0.25) is 0 Å². The Kier molecular flexibility index (Phi) is 8.28. The highest BCUT2D eigenvalue weighted by Crippen LogP contribution is 2.44. The van der Waals surface area contributed by atoms with Crippen LogP contribution in [-0.2, 0) is 27.7 Å². The molecular weight excluding hydrogens is 574 g/mol. The molecule has 42 heavy (non-hydrogen) atoms. The maximum Gasteiger partial charge on any atom is 0.416 e. The number of fused-ring (bicyclic) bond motifs is 2. The van der Waals surface area contributed by atoms with Gasteiger partial charge in [-0.05, 0) is 66.6 Å². The monoisotopic (exact) mass is 601 g/mol. The molecule has 2 N–H and O–H groups in total. The summed E-state index contributed by atoms with van der Waals surface area (Å²) < 4.78 is 61.7. The number of esters is 1.